The molecule has 0 aliphatic heterocycles. The predicted octanol–water partition coefficient (Wildman–Crippen LogP) is 6.10. The van der Waals surface area contributed by atoms with Gasteiger partial charge in [-0.3, -0.25) is 0 Å². The van der Waals surface area contributed by atoms with Gasteiger partial charge in [-0.05, 0) is 56.4 Å². The van der Waals surface area contributed by atoms with E-state index in [2.05, 4.69) is 0 Å². The summed E-state index contributed by atoms with van der Waals surface area (Å²) in [7, 11) is 0. The molecule has 1 aromatic rings. The van der Waals surface area contributed by atoms with Crippen molar-refractivity contribution < 1.29 is 28.5 Å². The maximum Gasteiger partial charge on any atom is 0.250 e. The van der Waals surface area contributed by atoms with Crippen LogP contribution in [-0.4, -0.2) is 40.7 Å². The van der Waals surface area contributed by atoms with E-state index in [1.807, 2.05) is 56.3 Å². The van der Waals surface area contributed by atoms with Crippen LogP contribution in [0.4, 0.5) is 8.78 Å². The highest BCUT2D eigenvalue weighted by Gasteiger charge is 2.42. The number of allylic oxidation sites excluding steroid dienone is 2. The lowest BCUT2D eigenvalue weighted by Crippen LogP contribution is -2.26. The molecule has 4 atom stereocenters. The highest BCUT2D eigenvalue weighted by molar-refractivity contribution is 5.75. The van der Waals surface area contributed by atoms with Crippen LogP contribution in [-0.2, 0) is 16.1 Å². The van der Waals surface area contributed by atoms with Crippen LogP contribution in [0.25, 0.3) is 0 Å². The highest BCUT2D eigenvalue weighted by atomic mass is 19.3. The molecule has 0 amide bonds. The molecule has 2 rings (SSSR count). The molecule has 0 aromatic heterocycles. The van der Waals surface area contributed by atoms with E-state index in [0.29, 0.717) is 19.4 Å². The molecule has 6 heteroatoms. The third-order valence-electron chi connectivity index (χ3n) is 6.06. The molecule has 0 spiro atoms. The van der Waals surface area contributed by atoms with Gasteiger partial charge in [-0.25, -0.2) is 8.78 Å². The number of Topliss-reactive ketones (excluding diaryl/α,β-unsaturated/α-hetero) is 1. The van der Waals surface area contributed by atoms with Gasteiger partial charge in [0.15, 0.2) is 0 Å². The van der Waals surface area contributed by atoms with Crippen LogP contribution in [0.5, 0.6) is 0 Å². The molecule has 188 valence electrons. The number of alkyl halides is 2. The number of rotatable bonds is 14. The number of halogens is 2. The zero-order valence-electron chi connectivity index (χ0n) is 20.4. The Morgan fingerprint density at radius 3 is 2.42 bits per heavy atom. The first-order valence-electron chi connectivity index (χ1n) is 12.3. The highest BCUT2D eigenvalue weighted by Crippen LogP contribution is 2.40. The van der Waals surface area contributed by atoms with E-state index >= 15 is 0 Å². The zero-order valence-corrected chi connectivity index (χ0v) is 20.4. The van der Waals surface area contributed by atoms with Gasteiger partial charge in [0.05, 0.1) is 25.4 Å². The lowest BCUT2D eigenvalue weighted by atomic mass is 9.85. The molecule has 1 saturated carbocycles. The summed E-state index contributed by atoms with van der Waals surface area (Å²) in [5, 5.41) is 20.5. The second-order valence-electron chi connectivity index (χ2n) is 8.68. The second-order valence-corrected chi connectivity index (χ2v) is 8.68. The summed E-state index contributed by atoms with van der Waals surface area (Å²) in [6.45, 7) is 5.85. The second kappa shape index (κ2) is 16.1. The Labute approximate surface area is 198 Å². The molecule has 0 radical (unpaired) electrons. The maximum absolute atomic E-state index is 14.3. The number of benzene rings is 1. The van der Waals surface area contributed by atoms with Crippen molar-refractivity contribution in [1.82, 2.24) is 0 Å². The van der Waals surface area contributed by atoms with E-state index in [1.165, 1.54) is 0 Å². The fraction of sp³-hybridized carbons (Fsp3) is 0.667. The molecule has 33 heavy (non-hydrogen) atoms. The van der Waals surface area contributed by atoms with Gasteiger partial charge in [-0.15, -0.1) is 0 Å². The van der Waals surface area contributed by atoms with Gasteiger partial charge in [0.2, 0.25) is 5.92 Å². The van der Waals surface area contributed by atoms with Crippen molar-refractivity contribution in [2.45, 2.75) is 96.9 Å². The largest absolute Gasteiger partial charge is 0.393 e. The minimum Gasteiger partial charge on any atom is -0.393 e. The number of hydrogen-bond donors (Lipinski definition) is 2. The van der Waals surface area contributed by atoms with Gasteiger partial charge < -0.3 is 19.7 Å². The van der Waals surface area contributed by atoms with Gasteiger partial charge in [0.1, 0.15) is 5.78 Å². The average molecular weight is 469 g/mol. The van der Waals surface area contributed by atoms with E-state index in [0.717, 1.165) is 18.4 Å². The van der Waals surface area contributed by atoms with Crippen molar-refractivity contribution in [1.29, 1.82) is 0 Å². The van der Waals surface area contributed by atoms with Crippen LogP contribution >= 0.6 is 0 Å². The van der Waals surface area contributed by atoms with Gasteiger partial charge in [-0.1, -0.05) is 56.3 Å². The summed E-state index contributed by atoms with van der Waals surface area (Å²) in [4.78, 5) is 11.0. The minimum absolute atomic E-state index is 0.0236. The first kappa shape index (κ1) is 29.4. The van der Waals surface area contributed by atoms with Gasteiger partial charge in [0, 0.05) is 19.3 Å². The number of carbonyl (C=O) groups is 1. The van der Waals surface area contributed by atoms with Crippen molar-refractivity contribution in [3.05, 3.63) is 48.0 Å². The number of ketones is 1. The topological polar surface area (TPSA) is 66.8 Å². The Bertz CT molecular complexity index is 678. The fourth-order valence-corrected chi connectivity index (χ4v) is 4.23. The third-order valence-corrected chi connectivity index (χ3v) is 6.06. The van der Waals surface area contributed by atoms with Crippen molar-refractivity contribution in [3.63, 3.8) is 0 Å². The van der Waals surface area contributed by atoms with Crippen molar-refractivity contribution >= 4 is 5.78 Å². The molecule has 1 aliphatic carbocycles. The van der Waals surface area contributed by atoms with E-state index in [9.17, 15) is 23.8 Å². The molecule has 2 N–H and O–H groups in total. The quantitative estimate of drug-likeness (QED) is 0.256. The molecule has 1 aliphatic rings. The van der Waals surface area contributed by atoms with Gasteiger partial charge in [0.25, 0.3) is 0 Å². The molecule has 0 unspecified atom stereocenters. The number of aliphatic hydroxyl groups is 2. The van der Waals surface area contributed by atoms with Crippen molar-refractivity contribution in [2.75, 3.05) is 6.61 Å². The van der Waals surface area contributed by atoms with E-state index in [4.69, 9.17) is 4.74 Å². The normalized spacial score (nSPS) is 22.9. The lowest BCUT2D eigenvalue weighted by molar-refractivity contribution is -0.117. The van der Waals surface area contributed by atoms with E-state index in [-0.39, 0.29) is 49.9 Å². The number of carbonyl (C=O) groups excluding carboxylic acids is 1. The molecule has 0 saturated heterocycles. The molecular weight excluding hydrogens is 426 g/mol. The Hall–Kier alpha value is -1.63. The fourth-order valence-electron chi connectivity index (χ4n) is 4.23. The number of aliphatic hydroxyl groups excluding tert-OH is 2. The van der Waals surface area contributed by atoms with Crippen LogP contribution in [0, 0.1) is 11.8 Å². The van der Waals surface area contributed by atoms with Gasteiger partial charge >= 0.3 is 0 Å². The summed E-state index contributed by atoms with van der Waals surface area (Å²) in [5.41, 5.74) is 0.950. The molecule has 0 bridgehead atoms. The molecular formula is C27H42F2O4. The number of ether oxygens (including phenoxy) is 1. The van der Waals surface area contributed by atoms with E-state index < -0.39 is 18.1 Å². The molecule has 1 fully saturated rings. The van der Waals surface area contributed by atoms with Crippen molar-refractivity contribution in [3.8, 4) is 0 Å². The lowest BCUT2D eigenvalue weighted by Gasteiger charge is -2.25. The van der Waals surface area contributed by atoms with Crippen LogP contribution in [0.3, 0.4) is 0 Å². The summed E-state index contributed by atoms with van der Waals surface area (Å²) < 4.78 is 34.1. The summed E-state index contributed by atoms with van der Waals surface area (Å²) in [6, 6.07) is 9.44. The number of unbranched alkanes of at least 4 members (excludes halogenated alkanes) is 1. The summed E-state index contributed by atoms with van der Waals surface area (Å²) >= 11 is 0. The molecule has 1 aromatic carbocycles. The van der Waals surface area contributed by atoms with Crippen molar-refractivity contribution in [2.24, 2.45) is 11.8 Å². The Morgan fingerprint density at radius 2 is 1.76 bits per heavy atom. The monoisotopic (exact) mass is 468 g/mol. The molecule has 4 nitrogen and oxygen atoms in total. The Kier molecular flexibility index (Phi) is 14.3. The zero-order chi connectivity index (χ0) is 24.7. The first-order valence-corrected chi connectivity index (χ1v) is 12.3. The smallest absolute Gasteiger partial charge is 0.250 e. The molecule has 0 heterocycles. The van der Waals surface area contributed by atoms with Crippen LogP contribution in [0.2, 0.25) is 0 Å². The number of hydrogen-bond acceptors (Lipinski definition) is 4. The average Bonchev–Trinajstić information content (AvgIpc) is 3.06. The standard InChI is InChI=1S/C25H36F2O4.C2H6/c1-19(28)9-5-2-3-8-12-21-22(24(30)17-23(21)29)13-14-25(26,27)15-16-31-18-20-10-6-4-7-11-20;1-2/h3-4,6-8,10-11,21-24,29-30H,2,5,9,12-18H2,1H3;1-2H3/b8-3-;/t21-,22-,23+,24-;/m1./s1. The summed E-state index contributed by atoms with van der Waals surface area (Å²) in [5.74, 6) is -3.26. The third kappa shape index (κ3) is 11.9. The SMILES string of the molecule is CC.CC(=O)CCC/C=C\C[C@@H]1[C@@H](CCC(F)(F)CCOCc2ccccc2)[C@H](O)C[C@@H]1O. The minimum atomic E-state index is -2.86. The first-order chi connectivity index (χ1) is 15.8. The maximum atomic E-state index is 14.3. The van der Waals surface area contributed by atoms with Gasteiger partial charge in [-0.2, -0.15) is 0 Å². The van der Waals surface area contributed by atoms with Crippen LogP contribution < -0.4 is 0 Å². The van der Waals surface area contributed by atoms with Crippen LogP contribution in [0.1, 0.15) is 77.7 Å². The van der Waals surface area contributed by atoms with Crippen LogP contribution in [0.15, 0.2) is 42.5 Å². The predicted molar refractivity (Wildman–Crippen MR) is 128 cm³/mol. The van der Waals surface area contributed by atoms with E-state index in [1.54, 1.807) is 6.92 Å². The summed E-state index contributed by atoms with van der Waals surface area (Å²) in [6.07, 6.45) is 4.86. The Balaban J connectivity index is 0.00000265. The Morgan fingerprint density at radius 1 is 1.09 bits per heavy atom.